The number of thiazole rings is 1. The van der Waals surface area contributed by atoms with Gasteiger partial charge in [-0.25, -0.2) is 9.37 Å². The van der Waals surface area contributed by atoms with Crippen molar-refractivity contribution >= 4 is 16.3 Å². The number of piperidine rings is 1. The molecule has 4 aromatic rings. The van der Waals surface area contributed by atoms with Crippen LogP contribution in [0.4, 0.5) is 4.39 Å². The molecule has 2 aromatic carbocycles. The first-order valence-corrected chi connectivity index (χ1v) is 12.6. The third kappa shape index (κ3) is 2.58. The summed E-state index contributed by atoms with van der Waals surface area (Å²) in [6.45, 7) is 0.955. The molecule has 0 spiro atoms. The lowest BCUT2D eigenvalue weighted by Gasteiger charge is -2.62. The highest BCUT2D eigenvalue weighted by atomic mass is 32.1. The number of ether oxygens (including phenoxy) is 1. The number of nitrogens with zero attached hydrogens (tertiary/aromatic N) is 3. The Labute approximate surface area is 201 Å². The van der Waals surface area contributed by atoms with Crippen LogP contribution in [0.15, 0.2) is 48.7 Å². The molecule has 2 aromatic heterocycles. The number of methoxy groups -OCH3 is 1. The van der Waals surface area contributed by atoms with E-state index in [9.17, 15) is 9.50 Å². The predicted molar refractivity (Wildman–Crippen MR) is 130 cm³/mol. The summed E-state index contributed by atoms with van der Waals surface area (Å²) in [7, 11) is 3.85. The van der Waals surface area contributed by atoms with Crippen LogP contribution in [-0.4, -0.2) is 51.7 Å². The molecule has 5 nitrogen and oxygen atoms in total. The van der Waals surface area contributed by atoms with Gasteiger partial charge in [0.15, 0.2) is 4.96 Å². The number of hydrogen-bond acceptors (Lipinski definition) is 5. The van der Waals surface area contributed by atoms with Gasteiger partial charge >= 0.3 is 0 Å². The molecule has 0 saturated carbocycles. The molecule has 0 radical (unpaired) electrons. The van der Waals surface area contributed by atoms with Crippen molar-refractivity contribution in [2.24, 2.45) is 0 Å². The van der Waals surface area contributed by atoms with Gasteiger partial charge in [-0.15, -0.1) is 11.3 Å². The number of rotatable bonds is 2. The fourth-order valence-corrected chi connectivity index (χ4v) is 8.00. The van der Waals surface area contributed by atoms with Gasteiger partial charge in [-0.2, -0.15) is 0 Å². The number of likely N-dealkylation sites (N-methyl/N-ethyl adjacent to an activating group) is 1. The summed E-state index contributed by atoms with van der Waals surface area (Å²) >= 11 is 1.67. The number of aromatic nitrogens is 2. The number of hydrogen-bond donors (Lipinski definition) is 1. The Balaban J connectivity index is 1.41. The first kappa shape index (κ1) is 20.6. The fourth-order valence-electron chi connectivity index (χ4n) is 6.80. The van der Waals surface area contributed by atoms with E-state index >= 15 is 0 Å². The second kappa shape index (κ2) is 6.90. The third-order valence-corrected chi connectivity index (χ3v) is 9.69. The number of halogens is 1. The summed E-state index contributed by atoms with van der Waals surface area (Å²) in [6, 6.07) is 13.0. The lowest BCUT2D eigenvalue weighted by atomic mass is 9.50. The SMILES string of the molecule is COc1ccc2c(c1)[C@@]13CCN(C)[C@@H](C2)[C@]1(O)Cc1sc2nc(-c4ccc(F)cc4)cn2c1C3. The molecule has 7 rings (SSSR count). The van der Waals surface area contributed by atoms with Gasteiger partial charge in [0.2, 0.25) is 0 Å². The molecule has 7 heteroatoms. The van der Waals surface area contributed by atoms with Crippen molar-refractivity contribution < 1.29 is 14.2 Å². The number of likely N-dealkylation sites (tertiary alicyclic amines) is 1. The Bertz CT molecular complexity index is 1440. The maximum atomic E-state index is 13.4. The lowest BCUT2D eigenvalue weighted by molar-refractivity contribution is -0.144. The Morgan fingerprint density at radius 3 is 2.79 bits per heavy atom. The summed E-state index contributed by atoms with van der Waals surface area (Å²) < 4.78 is 21.2. The minimum atomic E-state index is -0.838. The molecule has 3 heterocycles. The van der Waals surface area contributed by atoms with E-state index in [-0.39, 0.29) is 17.3 Å². The van der Waals surface area contributed by atoms with Gasteiger partial charge in [0.1, 0.15) is 11.6 Å². The molecule has 0 amide bonds. The molecular formula is C27H26FN3O2S. The Morgan fingerprint density at radius 1 is 1.18 bits per heavy atom. The van der Waals surface area contributed by atoms with Crippen LogP contribution < -0.4 is 4.74 Å². The molecule has 1 fully saturated rings. The maximum absolute atomic E-state index is 13.4. The van der Waals surface area contributed by atoms with E-state index in [2.05, 4.69) is 34.7 Å². The van der Waals surface area contributed by atoms with E-state index in [1.165, 1.54) is 33.8 Å². The van der Waals surface area contributed by atoms with Crippen LogP contribution in [0.1, 0.15) is 28.1 Å². The summed E-state index contributed by atoms with van der Waals surface area (Å²) in [5.74, 6) is 0.596. The smallest absolute Gasteiger partial charge is 0.194 e. The van der Waals surface area contributed by atoms with Crippen LogP contribution in [-0.2, 0) is 24.7 Å². The lowest BCUT2D eigenvalue weighted by Crippen LogP contribution is -2.73. The second-order valence-electron chi connectivity index (χ2n) is 10.1. The largest absolute Gasteiger partial charge is 0.497 e. The molecular weight excluding hydrogens is 449 g/mol. The average molecular weight is 476 g/mol. The first-order chi connectivity index (χ1) is 16.4. The summed E-state index contributed by atoms with van der Waals surface area (Å²) in [6.07, 6.45) is 5.21. The summed E-state index contributed by atoms with van der Waals surface area (Å²) in [5, 5.41) is 12.5. The zero-order chi connectivity index (χ0) is 23.2. The third-order valence-electron chi connectivity index (χ3n) is 8.59. The highest BCUT2D eigenvalue weighted by molar-refractivity contribution is 7.17. The van der Waals surface area contributed by atoms with Crippen LogP contribution in [0, 0.1) is 5.82 Å². The molecule has 2 aliphatic carbocycles. The number of imidazole rings is 1. The van der Waals surface area contributed by atoms with Crippen molar-refractivity contribution in [3.05, 3.63) is 76.2 Å². The molecule has 0 unspecified atom stereocenters. The molecule has 3 atom stereocenters. The number of benzene rings is 2. The highest BCUT2D eigenvalue weighted by Crippen LogP contribution is 2.58. The van der Waals surface area contributed by atoms with Crippen LogP contribution in [0.2, 0.25) is 0 Å². The molecule has 1 saturated heterocycles. The Kier molecular flexibility index (Phi) is 4.19. The van der Waals surface area contributed by atoms with E-state index in [1.54, 1.807) is 30.6 Å². The molecule has 2 bridgehead atoms. The molecule has 1 aliphatic heterocycles. The van der Waals surface area contributed by atoms with Gasteiger partial charge in [0, 0.05) is 46.6 Å². The Hall–Kier alpha value is -2.74. The van der Waals surface area contributed by atoms with Crippen LogP contribution in [0.3, 0.4) is 0 Å². The average Bonchev–Trinajstić information content (AvgIpc) is 3.38. The van der Waals surface area contributed by atoms with Crippen molar-refractivity contribution in [1.29, 1.82) is 0 Å². The van der Waals surface area contributed by atoms with Gasteiger partial charge in [0.25, 0.3) is 0 Å². The fraction of sp³-hybridized carbons (Fsp3) is 0.370. The second-order valence-corrected chi connectivity index (χ2v) is 11.2. The van der Waals surface area contributed by atoms with Crippen LogP contribution in [0.25, 0.3) is 16.2 Å². The highest BCUT2D eigenvalue weighted by Gasteiger charge is 2.64. The standard InChI is InChI=1S/C27H26FN3O2S/c1-30-10-9-26-13-22-23(34-25-29-21(15-31(22)25)16-3-6-18(28)7-4-16)14-27(26,32)24(30)11-17-5-8-19(33-2)12-20(17)26/h3-8,12,15,24,32H,9-11,13-14H2,1-2H3/t24-,26-,27+/m0/s1. The van der Waals surface area contributed by atoms with Gasteiger partial charge in [-0.05, 0) is 74.0 Å². The maximum Gasteiger partial charge on any atom is 0.194 e. The molecule has 1 N–H and O–H groups in total. The summed E-state index contributed by atoms with van der Waals surface area (Å²) in [5.41, 5.74) is 4.34. The van der Waals surface area contributed by atoms with Crippen LogP contribution in [0.5, 0.6) is 5.75 Å². The monoisotopic (exact) mass is 475 g/mol. The van der Waals surface area contributed by atoms with Gasteiger partial charge < -0.3 is 14.7 Å². The zero-order valence-corrected chi connectivity index (χ0v) is 20.0. The Morgan fingerprint density at radius 2 is 2.00 bits per heavy atom. The van der Waals surface area contributed by atoms with Crippen LogP contribution >= 0.6 is 11.3 Å². The van der Waals surface area contributed by atoms with Gasteiger partial charge in [-0.1, -0.05) is 6.07 Å². The topological polar surface area (TPSA) is 50.0 Å². The number of aliphatic hydroxyl groups is 1. The zero-order valence-electron chi connectivity index (χ0n) is 19.2. The molecule has 3 aliphatic rings. The predicted octanol–water partition coefficient (Wildman–Crippen LogP) is 4.24. The number of fused-ring (bicyclic) bond motifs is 4. The van der Waals surface area contributed by atoms with Crippen molar-refractivity contribution in [3.63, 3.8) is 0 Å². The van der Waals surface area contributed by atoms with Crippen molar-refractivity contribution in [1.82, 2.24) is 14.3 Å². The normalized spacial score (nSPS) is 27.8. The minimum Gasteiger partial charge on any atom is -0.497 e. The van der Waals surface area contributed by atoms with Gasteiger partial charge in [0.05, 0.1) is 18.4 Å². The van der Waals surface area contributed by atoms with E-state index in [4.69, 9.17) is 9.72 Å². The van der Waals surface area contributed by atoms with E-state index in [0.717, 1.165) is 47.8 Å². The quantitative estimate of drug-likeness (QED) is 0.471. The van der Waals surface area contributed by atoms with Crippen molar-refractivity contribution in [2.45, 2.75) is 42.7 Å². The van der Waals surface area contributed by atoms with Gasteiger partial charge in [-0.3, -0.25) is 4.40 Å². The van der Waals surface area contributed by atoms with Crippen molar-refractivity contribution in [3.8, 4) is 17.0 Å². The minimum absolute atomic E-state index is 0.0829. The van der Waals surface area contributed by atoms with E-state index in [0.29, 0.717) is 6.42 Å². The van der Waals surface area contributed by atoms with E-state index in [1.807, 2.05) is 6.07 Å². The molecule has 174 valence electrons. The van der Waals surface area contributed by atoms with Crippen molar-refractivity contribution in [2.75, 3.05) is 20.7 Å². The summed E-state index contributed by atoms with van der Waals surface area (Å²) in [4.78, 5) is 9.37. The van der Waals surface area contributed by atoms with E-state index < -0.39 is 5.60 Å². The molecule has 34 heavy (non-hydrogen) atoms. The first-order valence-electron chi connectivity index (χ1n) is 11.8.